The van der Waals surface area contributed by atoms with Crippen LogP contribution in [0.1, 0.15) is 23.1 Å². The fraction of sp³-hybridized carbons (Fsp3) is 0.308. The number of fused-ring (bicyclic) bond motifs is 1. The first-order valence-electron chi connectivity index (χ1n) is 10.6. The molecular weight excluding hydrogens is 358 g/mol. The molecule has 29 heavy (non-hydrogen) atoms. The molecule has 4 rings (SSSR count). The van der Waals surface area contributed by atoms with Crippen molar-refractivity contribution in [3.63, 3.8) is 0 Å². The highest BCUT2D eigenvalue weighted by Gasteiger charge is 2.22. The minimum atomic E-state index is 0.613. The fourth-order valence-corrected chi connectivity index (χ4v) is 3.87. The quantitative estimate of drug-likeness (QED) is 0.442. The van der Waals surface area contributed by atoms with Crippen molar-refractivity contribution >= 4 is 5.69 Å². The Bertz CT molecular complexity index is 880. The summed E-state index contributed by atoms with van der Waals surface area (Å²) in [5.74, 6) is 1.01. The minimum Gasteiger partial charge on any atom is -0.489 e. The van der Waals surface area contributed by atoms with Crippen molar-refractivity contribution in [1.29, 1.82) is 0 Å². The van der Waals surface area contributed by atoms with E-state index < -0.39 is 0 Å². The first-order chi connectivity index (χ1) is 14.4. The van der Waals surface area contributed by atoms with Crippen LogP contribution in [0.5, 0.6) is 5.75 Å². The number of hydrogen-bond acceptors (Lipinski definition) is 3. The van der Waals surface area contributed by atoms with Gasteiger partial charge in [0.25, 0.3) is 0 Å². The summed E-state index contributed by atoms with van der Waals surface area (Å²) < 4.78 is 12.0. The van der Waals surface area contributed by atoms with Crippen LogP contribution in [-0.4, -0.2) is 26.3 Å². The molecule has 0 saturated carbocycles. The molecular formula is C26H29NO2. The number of nitrogens with zero attached hydrogens (tertiary/aromatic N) is 1. The van der Waals surface area contributed by atoms with Gasteiger partial charge in [0.1, 0.15) is 12.4 Å². The van der Waals surface area contributed by atoms with Gasteiger partial charge in [-0.1, -0.05) is 66.7 Å². The van der Waals surface area contributed by atoms with Gasteiger partial charge in [-0.25, -0.2) is 0 Å². The molecule has 0 radical (unpaired) electrons. The lowest BCUT2D eigenvalue weighted by molar-refractivity contribution is 0.138. The first kappa shape index (κ1) is 19.5. The Morgan fingerprint density at radius 3 is 2.31 bits per heavy atom. The zero-order chi connectivity index (χ0) is 19.7. The van der Waals surface area contributed by atoms with Gasteiger partial charge in [0.2, 0.25) is 0 Å². The first-order valence-corrected chi connectivity index (χ1v) is 10.6. The molecule has 3 aromatic rings. The molecule has 0 aromatic heterocycles. The van der Waals surface area contributed by atoms with E-state index in [4.69, 9.17) is 9.47 Å². The fourth-order valence-electron chi connectivity index (χ4n) is 3.87. The van der Waals surface area contributed by atoms with Crippen LogP contribution in [0.2, 0.25) is 0 Å². The van der Waals surface area contributed by atoms with Crippen LogP contribution in [-0.2, 0) is 24.2 Å². The molecule has 3 aromatic carbocycles. The lowest BCUT2D eigenvalue weighted by atomic mass is 10.1. The second-order valence-corrected chi connectivity index (χ2v) is 7.47. The number of ether oxygens (including phenoxy) is 2. The van der Waals surface area contributed by atoms with Gasteiger partial charge in [0.15, 0.2) is 0 Å². The summed E-state index contributed by atoms with van der Waals surface area (Å²) in [7, 11) is 0. The number of hydrogen-bond donors (Lipinski definition) is 0. The number of anilines is 1. The van der Waals surface area contributed by atoms with Crippen LogP contribution in [0.25, 0.3) is 0 Å². The molecule has 1 aliphatic rings. The van der Waals surface area contributed by atoms with Crippen molar-refractivity contribution in [2.24, 2.45) is 0 Å². The summed E-state index contributed by atoms with van der Waals surface area (Å²) in [5, 5.41) is 0. The maximum absolute atomic E-state index is 6.12. The van der Waals surface area contributed by atoms with Crippen LogP contribution in [0.3, 0.4) is 0 Å². The normalized spacial score (nSPS) is 12.8. The van der Waals surface area contributed by atoms with E-state index in [0.717, 1.165) is 51.3 Å². The molecule has 1 aliphatic heterocycles. The minimum absolute atomic E-state index is 0.613. The number of rotatable bonds is 10. The SMILES string of the molecule is c1ccc(CCCOCCN2CCc3c(OCc4ccccc4)cccc32)cc1. The highest BCUT2D eigenvalue weighted by molar-refractivity contribution is 5.63. The van der Waals surface area contributed by atoms with E-state index in [1.165, 1.54) is 22.4 Å². The molecule has 150 valence electrons. The Hall–Kier alpha value is -2.78. The van der Waals surface area contributed by atoms with Crippen molar-refractivity contribution < 1.29 is 9.47 Å². The van der Waals surface area contributed by atoms with Gasteiger partial charge >= 0.3 is 0 Å². The summed E-state index contributed by atoms with van der Waals surface area (Å²) in [6.07, 6.45) is 3.18. The molecule has 0 atom stereocenters. The molecule has 0 aliphatic carbocycles. The van der Waals surface area contributed by atoms with Gasteiger partial charge in [-0.2, -0.15) is 0 Å². The second-order valence-electron chi connectivity index (χ2n) is 7.47. The highest BCUT2D eigenvalue weighted by atomic mass is 16.5. The molecule has 0 amide bonds. The van der Waals surface area contributed by atoms with Crippen molar-refractivity contribution in [1.82, 2.24) is 0 Å². The van der Waals surface area contributed by atoms with E-state index in [-0.39, 0.29) is 0 Å². The smallest absolute Gasteiger partial charge is 0.125 e. The summed E-state index contributed by atoms with van der Waals surface area (Å²) in [5.41, 5.74) is 5.20. The van der Waals surface area contributed by atoms with E-state index in [1.54, 1.807) is 0 Å². The Kier molecular flexibility index (Phi) is 6.82. The van der Waals surface area contributed by atoms with E-state index in [2.05, 4.69) is 77.7 Å². The number of aryl methyl sites for hydroxylation is 1. The van der Waals surface area contributed by atoms with Crippen molar-refractivity contribution in [2.45, 2.75) is 25.9 Å². The molecule has 3 nitrogen and oxygen atoms in total. The Morgan fingerprint density at radius 1 is 0.759 bits per heavy atom. The molecule has 0 N–H and O–H groups in total. The van der Waals surface area contributed by atoms with E-state index >= 15 is 0 Å². The van der Waals surface area contributed by atoms with Gasteiger partial charge in [-0.3, -0.25) is 0 Å². The molecule has 0 saturated heterocycles. The second kappa shape index (κ2) is 10.1. The Morgan fingerprint density at radius 2 is 1.52 bits per heavy atom. The maximum Gasteiger partial charge on any atom is 0.125 e. The topological polar surface area (TPSA) is 21.7 Å². The lowest BCUT2D eigenvalue weighted by Gasteiger charge is -2.20. The molecule has 0 unspecified atom stereocenters. The van der Waals surface area contributed by atoms with Gasteiger partial charge in [-0.05, 0) is 42.5 Å². The summed E-state index contributed by atoms with van der Waals surface area (Å²) >= 11 is 0. The summed E-state index contributed by atoms with van der Waals surface area (Å²) in [6.45, 7) is 4.16. The Labute approximate surface area is 173 Å². The van der Waals surface area contributed by atoms with Gasteiger partial charge in [0.05, 0.1) is 6.61 Å². The number of benzene rings is 3. The third kappa shape index (κ3) is 5.39. The molecule has 0 spiro atoms. The Balaban J connectivity index is 1.22. The van der Waals surface area contributed by atoms with E-state index in [1.807, 2.05) is 6.07 Å². The largest absolute Gasteiger partial charge is 0.489 e. The third-order valence-corrected chi connectivity index (χ3v) is 5.42. The third-order valence-electron chi connectivity index (χ3n) is 5.42. The average molecular weight is 388 g/mol. The van der Waals surface area contributed by atoms with Crippen molar-refractivity contribution in [3.05, 3.63) is 95.6 Å². The molecule has 0 bridgehead atoms. The zero-order valence-electron chi connectivity index (χ0n) is 16.9. The van der Waals surface area contributed by atoms with Gasteiger partial charge in [-0.15, -0.1) is 0 Å². The standard InChI is InChI=1S/C26H29NO2/c1-3-9-22(10-4-1)13-8-19-28-20-18-27-17-16-24-25(27)14-7-15-26(24)29-21-23-11-5-2-6-12-23/h1-7,9-12,14-15H,8,13,16-21H2. The monoisotopic (exact) mass is 387 g/mol. The van der Waals surface area contributed by atoms with Crippen LogP contribution < -0.4 is 9.64 Å². The van der Waals surface area contributed by atoms with E-state index in [0.29, 0.717) is 6.61 Å². The predicted molar refractivity (Wildman–Crippen MR) is 119 cm³/mol. The van der Waals surface area contributed by atoms with Gasteiger partial charge in [0, 0.05) is 30.9 Å². The molecule has 1 heterocycles. The molecule has 0 fully saturated rings. The van der Waals surface area contributed by atoms with Crippen LogP contribution in [0.4, 0.5) is 5.69 Å². The van der Waals surface area contributed by atoms with Gasteiger partial charge < -0.3 is 14.4 Å². The van der Waals surface area contributed by atoms with E-state index in [9.17, 15) is 0 Å². The average Bonchev–Trinajstić information content (AvgIpc) is 3.20. The zero-order valence-corrected chi connectivity index (χ0v) is 16.9. The summed E-state index contributed by atoms with van der Waals surface area (Å²) in [6, 6.07) is 27.3. The lowest BCUT2D eigenvalue weighted by Crippen LogP contribution is -2.25. The van der Waals surface area contributed by atoms with Crippen LogP contribution in [0, 0.1) is 0 Å². The van der Waals surface area contributed by atoms with Crippen LogP contribution >= 0.6 is 0 Å². The van der Waals surface area contributed by atoms with Crippen LogP contribution in [0.15, 0.2) is 78.9 Å². The summed E-state index contributed by atoms with van der Waals surface area (Å²) in [4.78, 5) is 2.42. The maximum atomic E-state index is 6.12. The van der Waals surface area contributed by atoms with Crippen molar-refractivity contribution in [2.75, 3.05) is 31.2 Å². The molecule has 3 heteroatoms. The van der Waals surface area contributed by atoms with Crippen molar-refractivity contribution in [3.8, 4) is 5.75 Å². The predicted octanol–water partition coefficient (Wildman–Crippen LogP) is 5.28. The highest BCUT2D eigenvalue weighted by Crippen LogP contribution is 2.35.